The zero-order chi connectivity index (χ0) is 36.2. The number of alkyl halides is 3. The third-order valence-corrected chi connectivity index (χ3v) is 14.0. The van der Waals surface area contributed by atoms with Gasteiger partial charge in [0, 0.05) is 18.1 Å². The van der Waals surface area contributed by atoms with Gasteiger partial charge in [0.05, 0.1) is 12.5 Å². The third kappa shape index (κ3) is 5.61. The number of hydrogen-bond donors (Lipinski definition) is 0. The van der Waals surface area contributed by atoms with Gasteiger partial charge in [-0.2, -0.15) is 13.2 Å². The molecule has 1 aromatic carbocycles. The number of hydrogen-bond acceptors (Lipinski definition) is 5. The number of methoxy groups -OCH3 is 2. The van der Waals surface area contributed by atoms with Crippen molar-refractivity contribution in [1.29, 1.82) is 0 Å². The van der Waals surface area contributed by atoms with E-state index in [1.54, 1.807) is 6.07 Å². The number of benzene rings is 1. The Balaban J connectivity index is 1.48. The predicted molar refractivity (Wildman–Crippen MR) is 184 cm³/mol. The second-order valence-corrected chi connectivity index (χ2v) is 16.8. The van der Waals surface area contributed by atoms with Gasteiger partial charge in [-0.05, 0) is 107 Å². The lowest BCUT2D eigenvalue weighted by Gasteiger charge is -2.62. The van der Waals surface area contributed by atoms with Gasteiger partial charge in [0.15, 0.2) is 0 Å². The first-order valence-corrected chi connectivity index (χ1v) is 18.2. The van der Waals surface area contributed by atoms with E-state index in [-0.39, 0.29) is 28.3 Å². The Morgan fingerprint density at radius 3 is 2.20 bits per heavy atom. The highest BCUT2D eigenvalue weighted by Gasteiger charge is 2.69. The molecule has 0 amide bonds. The van der Waals surface area contributed by atoms with Crippen LogP contribution in [0, 0.1) is 39.4 Å². The zero-order valence-corrected chi connectivity index (χ0v) is 31.0. The molecule has 0 unspecified atom stereocenters. The van der Waals surface area contributed by atoms with Gasteiger partial charge in [0.2, 0.25) is 0 Å². The number of rotatable bonds is 9. The number of carbonyl (C=O) groups is 2. The highest BCUT2D eigenvalue weighted by molar-refractivity contribution is 5.84. The molecule has 4 aliphatic rings. The summed E-state index contributed by atoms with van der Waals surface area (Å²) in [7, 11) is 2.43. The lowest BCUT2D eigenvalue weighted by Crippen LogP contribution is -2.59. The number of esters is 2. The lowest BCUT2D eigenvalue weighted by atomic mass is 9.43. The molecular weight excluding hydrogens is 629 g/mol. The Morgan fingerprint density at radius 1 is 0.939 bits per heavy atom. The average Bonchev–Trinajstić information content (AvgIpc) is 3.36. The number of fused-ring (bicyclic) bond motifs is 4. The molecule has 0 heterocycles. The molecule has 8 heteroatoms. The van der Waals surface area contributed by atoms with Crippen LogP contribution in [-0.2, 0) is 29.4 Å². The molecule has 5 rings (SSSR count). The molecule has 272 valence electrons. The van der Waals surface area contributed by atoms with Gasteiger partial charge in [-0.15, -0.1) is 0 Å². The monoisotopic (exact) mass is 686 g/mol. The molecule has 0 aliphatic heterocycles. The topological polar surface area (TPSA) is 61.8 Å². The molecule has 8 atom stereocenters. The van der Waals surface area contributed by atoms with Crippen LogP contribution in [-0.4, -0.2) is 38.4 Å². The standard InChI is InChI=1S/C41H57F3O5/c1-26(2)14-13-15-27(3)29-21-25-39(34(45)47-8)31-18-19-32-36(4,5)33(22-23-37(32,6)30(31)20-24-38(29,39)7)49-35(46)40(48-9,41(42,43)44)28-16-11-10-12-17-28/h10-12,14,16-17,27,29,32-33H,13,15,18-25H2,1-9H3/t27-,29-,32+,33+,37-,38-,39+,40+/m1/s1. The van der Waals surface area contributed by atoms with Crippen molar-refractivity contribution in [2.75, 3.05) is 14.2 Å². The maximum atomic E-state index is 14.7. The Kier molecular flexibility index (Phi) is 10.1. The summed E-state index contributed by atoms with van der Waals surface area (Å²) in [5.41, 5.74) is -1.40. The van der Waals surface area contributed by atoms with Crippen LogP contribution in [0.2, 0.25) is 0 Å². The summed E-state index contributed by atoms with van der Waals surface area (Å²) >= 11 is 0. The largest absolute Gasteiger partial charge is 0.468 e. The smallest absolute Gasteiger partial charge is 0.432 e. The normalized spacial score (nSPS) is 34.1. The molecule has 0 aromatic heterocycles. The van der Waals surface area contributed by atoms with Crippen molar-refractivity contribution in [3.63, 3.8) is 0 Å². The molecule has 2 fully saturated rings. The van der Waals surface area contributed by atoms with Crippen LogP contribution < -0.4 is 0 Å². The van der Waals surface area contributed by atoms with E-state index < -0.39 is 34.7 Å². The molecule has 2 saturated carbocycles. The van der Waals surface area contributed by atoms with Crippen LogP contribution in [0.1, 0.15) is 118 Å². The van der Waals surface area contributed by atoms with Crippen LogP contribution in [0.25, 0.3) is 0 Å². The molecule has 0 saturated heterocycles. The van der Waals surface area contributed by atoms with E-state index in [1.165, 1.54) is 48.1 Å². The van der Waals surface area contributed by atoms with Crippen molar-refractivity contribution in [3.8, 4) is 0 Å². The highest BCUT2D eigenvalue weighted by atomic mass is 19.4. The molecule has 1 aromatic rings. The van der Waals surface area contributed by atoms with Gasteiger partial charge < -0.3 is 14.2 Å². The van der Waals surface area contributed by atoms with E-state index in [0.717, 1.165) is 58.5 Å². The van der Waals surface area contributed by atoms with Crippen molar-refractivity contribution in [2.24, 2.45) is 39.4 Å². The first-order chi connectivity index (χ1) is 22.9. The SMILES string of the molecule is COC(=O)[C@@]12CC[C@H]([C@H](C)CCC=C(C)C)[C@@]1(C)CCC1=C2CC[C@H]2C(C)(C)[C@@H](OC(=O)[C@@](OC)(c3ccccc3)C(F)(F)F)CC[C@]12C. The van der Waals surface area contributed by atoms with E-state index in [9.17, 15) is 22.8 Å². The van der Waals surface area contributed by atoms with Crippen molar-refractivity contribution in [3.05, 3.63) is 58.7 Å². The fourth-order valence-corrected chi connectivity index (χ4v) is 11.5. The van der Waals surface area contributed by atoms with Crippen LogP contribution in [0.15, 0.2) is 53.1 Å². The molecule has 0 spiro atoms. The summed E-state index contributed by atoms with van der Waals surface area (Å²) < 4.78 is 60.9. The van der Waals surface area contributed by atoms with Crippen molar-refractivity contribution < 1.29 is 37.0 Å². The van der Waals surface area contributed by atoms with Gasteiger partial charge in [-0.1, -0.05) is 87.7 Å². The summed E-state index contributed by atoms with van der Waals surface area (Å²) in [4.78, 5) is 27.9. The summed E-state index contributed by atoms with van der Waals surface area (Å²) in [6.07, 6.45) is 4.81. The van der Waals surface area contributed by atoms with Crippen LogP contribution in [0.5, 0.6) is 0 Å². The maximum Gasteiger partial charge on any atom is 0.432 e. The maximum absolute atomic E-state index is 14.7. The quantitative estimate of drug-likeness (QED) is 0.191. The average molecular weight is 687 g/mol. The van der Waals surface area contributed by atoms with Crippen LogP contribution >= 0.6 is 0 Å². The Hall–Kier alpha value is -2.61. The number of allylic oxidation sites excluding steroid dienone is 3. The van der Waals surface area contributed by atoms with Crippen LogP contribution in [0.4, 0.5) is 13.2 Å². The Morgan fingerprint density at radius 2 is 1.61 bits per heavy atom. The molecular formula is C41H57F3O5. The molecule has 0 radical (unpaired) electrons. The summed E-state index contributed by atoms with van der Waals surface area (Å²) in [5.74, 6) is -0.627. The van der Waals surface area contributed by atoms with E-state index in [4.69, 9.17) is 14.2 Å². The summed E-state index contributed by atoms with van der Waals surface area (Å²) in [6, 6.07) is 7.02. The fourth-order valence-electron chi connectivity index (χ4n) is 11.5. The summed E-state index contributed by atoms with van der Waals surface area (Å²) in [6.45, 7) is 15.3. The van der Waals surface area contributed by atoms with Gasteiger partial charge >= 0.3 is 18.1 Å². The van der Waals surface area contributed by atoms with Crippen LogP contribution in [0.3, 0.4) is 0 Å². The lowest BCUT2D eigenvalue weighted by molar-refractivity contribution is -0.282. The second-order valence-electron chi connectivity index (χ2n) is 16.8. The minimum Gasteiger partial charge on any atom is -0.468 e. The van der Waals surface area contributed by atoms with E-state index in [1.807, 2.05) is 13.8 Å². The number of carbonyl (C=O) groups excluding carboxylic acids is 2. The minimum atomic E-state index is -5.03. The highest BCUT2D eigenvalue weighted by Crippen LogP contribution is 2.73. The van der Waals surface area contributed by atoms with Crippen molar-refractivity contribution in [2.45, 2.75) is 131 Å². The third-order valence-electron chi connectivity index (χ3n) is 14.0. The molecule has 49 heavy (non-hydrogen) atoms. The first-order valence-electron chi connectivity index (χ1n) is 18.2. The Labute approximate surface area is 291 Å². The Bertz CT molecular complexity index is 1480. The van der Waals surface area contributed by atoms with E-state index in [0.29, 0.717) is 24.7 Å². The van der Waals surface area contributed by atoms with Gasteiger partial charge in [-0.3, -0.25) is 4.79 Å². The predicted octanol–water partition coefficient (Wildman–Crippen LogP) is 10.3. The van der Waals surface area contributed by atoms with Crippen molar-refractivity contribution >= 4 is 11.9 Å². The van der Waals surface area contributed by atoms with E-state index in [2.05, 4.69) is 40.7 Å². The second kappa shape index (κ2) is 13.2. The number of halogens is 3. The minimum absolute atomic E-state index is 0.0455. The van der Waals surface area contributed by atoms with Gasteiger partial charge in [0.1, 0.15) is 6.10 Å². The molecule has 0 bridgehead atoms. The molecule has 0 N–H and O–H groups in total. The van der Waals surface area contributed by atoms with E-state index >= 15 is 0 Å². The summed E-state index contributed by atoms with van der Waals surface area (Å²) in [5, 5.41) is 0. The molecule has 5 nitrogen and oxygen atoms in total. The van der Waals surface area contributed by atoms with Gasteiger partial charge in [0.25, 0.3) is 5.60 Å². The first kappa shape index (κ1) is 37.6. The zero-order valence-electron chi connectivity index (χ0n) is 31.0. The van der Waals surface area contributed by atoms with Crippen molar-refractivity contribution in [1.82, 2.24) is 0 Å². The van der Waals surface area contributed by atoms with Gasteiger partial charge in [-0.25, -0.2) is 4.79 Å². The molecule has 4 aliphatic carbocycles. The number of ether oxygens (including phenoxy) is 3. The fraction of sp³-hybridized carbons (Fsp3) is 0.707.